The Balaban J connectivity index is 2.14. The van der Waals surface area contributed by atoms with Gasteiger partial charge in [0.15, 0.2) is 0 Å². The van der Waals surface area contributed by atoms with Gasteiger partial charge in [0, 0.05) is 6.92 Å². The van der Waals surface area contributed by atoms with Gasteiger partial charge in [0.2, 0.25) is 0 Å². The van der Waals surface area contributed by atoms with Crippen LogP contribution in [0.4, 0.5) is 0 Å². The van der Waals surface area contributed by atoms with Gasteiger partial charge in [0.1, 0.15) is 5.60 Å². The van der Waals surface area contributed by atoms with E-state index in [-0.39, 0.29) is 11.6 Å². The van der Waals surface area contributed by atoms with E-state index in [0.29, 0.717) is 17.3 Å². The lowest BCUT2D eigenvalue weighted by Crippen LogP contribution is -2.45. The molecule has 0 amide bonds. The Morgan fingerprint density at radius 1 is 1.42 bits per heavy atom. The molecule has 0 aromatic carbocycles. The molecule has 2 aliphatic carbocycles. The zero-order chi connectivity index (χ0) is 14.3. The second kappa shape index (κ2) is 4.96. The minimum absolute atomic E-state index is 0.158. The first-order valence-corrected chi connectivity index (χ1v) is 7.61. The molecule has 2 rings (SSSR count). The van der Waals surface area contributed by atoms with E-state index in [4.69, 9.17) is 4.74 Å². The summed E-state index contributed by atoms with van der Waals surface area (Å²) in [5, 5.41) is 0. The first kappa shape index (κ1) is 14.6. The largest absolute Gasteiger partial charge is 0.460 e. The molecule has 1 saturated carbocycles. The van der Waals surface area contributed by atoms with Crippen molar-refractivity contribution in [1.82, 2.24) is 0 Å². The summed E-state index contributed by atoms with van der Waals surface area (Å²) in [5.74, 6) is 1.00. The van der Waals surface area contributed by atoms with E-state index < -0.39 is 0 Å². The average Bonchev–Trinajstić information content (AvgIpc) is 2.26. The number of carbonyl (C=O) groups excluding carboxylic acids is 1. The zero-order valence-electron chi connectivity index (χ0n) is 13.1. The van der Waals surface area contributed by atoms with Gasteiger partial charge in [-0.25, -0.2) is 0 Å². The van der Waals surface area contributed by atoms with Crippen LogP contribution in [0.2, 0.25) is 0 Å². The van der Waals surface area contributed by atoms with Crippen molar-refractivity contribution in [3.8, 4) is 0 Å². The number of carbonyl (C=O) groups is 1. The topological polar surface area (TPSA) is 26.3 Å². The Bertz CT molecular complexity index is 394. The van der Waals surface area contributed by atoms with Gasteiger partial charge in [-0.3, -0.25) is 4.79 Å². The van der Waals surface area contributed by atoms with Crippen LogP contribution in [-0.4, -0.2) is 11.6 Å². The molecular formula is C17H28O2. The average molecular weight is 264 g/mol. The van der Waals surface area contributed by atoms with Crippen LogP contribution in [0.5, 0.6) is 0 Å². The second-order valence-corrected chi connectivity index (χ2v) is 7.36. The van der Waals surface area contributed by atoms with Crippen molar-refractivity contribution in [3.05, 3.63) is 11.6 Å². The van der Waals surface area contributed by atoms with E-state index in [2.05, 4.69) is 33.8 Å². The van der Waals surface area contributed by atoms with E-state index in [1.165, 1.54) is 39.0 Å². The number of rotatable bonds is 2. The molecule has 0 aliphatic heterocycles. The molecule has 0 heterocycles. The fourth-order valence-corrected chi connectivity index (χ4v) is 4.26. The van der Waals surface area contributed by atoms with Crippen molar-refractivity contribution in [2.24, 2.45) is 17.3 Å². The Kier molecular flexibility index (Phi) is 3.81. The van der Waals surface area contributed by atoms with Gasteiger partial charge in [-0.1, -0.05) is 18.6 Å². The van der Waals surface area contributed by atoms with Crippen molar-refractivity contribution in [1.29, 1.82) is 0 Å². The van der Waals surface area contributed by atoms with Crippen LogP contribution in [0.3, 0.4) is 0 Å². The van der Waals surface area contributed by atoms with Crippen molar-refractivity contribution < 1.29 is 9.53 Å². The lowest BCUT2D eigenvalue weighted by Gasteiger charge is -2.50. The first-order valence-electron chi connectivity index (χ1n) is 7.61. The molecule has 19 heavy (non-hydrogen) atoms. The maximum Gasteiger partial charge on any atom is 0.303 e. The fourth-order valence-electron chi connectivity index (χ4n) is 4.26. The highest BCUT2D eigenvalue weighted by molar-refractivity contribution is 5.66. The van der Waals surface area contributed by atoms with Crippen LogP contribution >= 0.6 is 0 Å². The molecule has 1 fully saturated rings. The van der Waals surface area contributed by atoms with Gasteiger partial charge in [0.25, 0.3) is 0 Å². The van der Waals surface area contributed by atoms with Crippen LogP contribution in [-0.2, 0) is 9.53 Å². The predicted molar refractivity (Wildman–Crippen MR) is 77.8 cm³/mol. The molecule has 0 aromatic rings. The lowest BCUT2D eigenvalue weighted by atomic mass is 9.56. The summed E-state index contributed by atoms with van der Waals surface area (Å²) in [5.41, 5.74) is 1.70. The van der Waals surface area contributed by atoms with Gasteiger partial charge in [-0.2, -0.15) is 0 Å². The van der Waals surface area contributed by atoms with Crippen molar-refractivity contribution in [2.45, 2.75) is 72.3 Å². The summed E-state index contributed by atoms with van der Waals surface area (Å²) in [6.45, 7) is 10.4. The van der Waals surface area contributed by atoms with Crippen molar-refractivity contribution in [3.63, 3.8) is 0 Å². The van der Waals surface area contributed by atoms with Crippen LogP contribution in [0, 0.1) is 17.3 Å². The van der Waals surface area contributed by atoms with Gasteiger partial charge >= 0.3 is 5.97 Å². The van der Waals surface area contributed by atoms with Crippen LogP contribution in [0.25, 0.3) is 0 Å². The van der Waals surface area contributed by atoms with Crippen LogP contribution < -0.4 is 0 Å². The van der Waals surface area contributed by atoms with E-state index in [1.807, 2.05) is 0 Å². The van der Waals surface area contributed by atoms with E-state index >= 15 is 0 Å². The van der Waals surface area contributed by atoms with Crippen LogP contribution in [0.15, 0.2) is 11.6 Å². The molecule has 0 N–H and O–H groups in total. The maximum atomic E-state index is 11.3. The summed E-state index contributed by atoms with van der Waals surface area (Å²) >= 11 is 0. The smallest absolute Gasteiger partial charge is 0.303 e. The molecule has 0 unspecified atom stereocenters. The Hall–Kier alpha value is -0.790. The minimum atomic E-state index is -0.328. The monoisotopic (exact) mass is 264 g/mol. The lowest BCUT2D eigenvalue weighted by molar-refractivity contribution is -0.162. The summed E-state index contributed by atoms with van der Waals surface area (Å²) in [6, 6.07) is 0. The number of hydrogen-bond donors (Lipinski definition) is 0. The molecule has 108 valence electrons. The third kappa shape index (κ3) is 2.88. The maximum absolute atomic E-state index is 11.3. The number of allylic oxidation sites excluding steroid dienone is 2. The van der Waals surface area contributed by atoms with Crippen molar-refractivity contribution in [2.75, 3.05) is 0 Å². The van der Waals surface area contributed by atoms with Gasteiger partial charge in [0.05, 0.1) is 0 Å². The van der Waals surface area contributed by atoms with Gasteiger partial charge in [-0.05, 0) is 70.1 Å². The molecule has 0 radical (unpaired) electrons. The molecule has 0 spiro atoms. The normalized spacial score (nSPS) is 35.3. The predicted octanol–water partition coefficient (Wildman–Crippen LogP) is 4.49. The quantitative estimate of drug-likeness (QED) is 0.542. The highest BCUT2D eigenvalue weighted by atomic mass is 16.6. The molecule has 2 aliphatic rings. The summed E-state index contributed by atoms with van der Waals surface area (Å²) in [4.78, 5) is 11.3. The zero-order valence-corrected chi connectivity index (χ0v) is 13.1. The molecule has 2 heteroatoms. The fraction of sp³-hybridized carbons (Fsp3) is 0.824. The number of ether oxygens (including phenoxy) is 1. The summed E-state index contributed by atoms with van der Waals surface area (Å²) in [7, 11) is 0. The Morgan fingerprint density at radius 3 is 2.74 bits per heavy atom. The minimum Gasteiger partial charge on any atom is -0.460 e. The molecule has 0 bridgehead atoms. The number of hydrogen-bond acceptors (Lipinski definition) is 2. The Labute approximate surface area is 117 Å². The summed E-state index contributed by atoms with van der Waals surface area (Å²) in [6.07, 6.45) is 8.57. The second-order valence-electron chi connectivity index (χ2n) is 7.36. The SMILES string of the molecule is CC(=O)OC(C)(C)[C@@H]1CC[C@@]2(C)CCC=C(C)[C@@H]2C1. The van der Waals surface area contributed by atoms with Crippen LogP contribution in [0.1, 0.15) is 66.7 Å². The Morgan fingerprint density at radius 2 is 2.11 bits per heavy atom. The van der Waals surface area contributed by atoms with E-state index in [1.54, 1.807) is 5.57 Å². The molecular weight excluding hydrogens is 236 g/mol. The van der Waals surface area contributed by atoms with E-state index in [9.17, 15) is 4.79 Å². The molecule has 2 nitrogen and oxygen atoms in total. The molecule has 0 saturated heterocycles. The standard InChI is InChI=1S/C17H28O2/c1-12-7-6-9-17(5)10-8-14(11-15(12)17)16(3,4)19-13(2)18/h7,14-15H,6,8-11H2,1-5H3/t14-,15+,17-/m1/s1. The number of esters is 1. The highest BCUT2D eigenvalue weighted by Gasteiger charge is 2.46. The molecule has 0 aromatic heterocycles. The third-order valence-corrected chi connectivity index (χ3v) is 5.55. The van der Waals surface area contributed by atoms with Crippen molar-refractivity contribution >= 4 is 5.97 Å². The van der Waals surface area contributed by atoms with E-state index in [0.717, 1.165) is 0 Å². The summed E-state index contributed by atoms with van der Waals surface area (Å²) < 4.78 is 5.57. The van der Waals surface area contributed by atoms with Gasteiger partial charge in [-0.15, -0.1) is 0 Å². The third-order valence-electron chi connectivity index (χ3n) is 5.55. The molecule has 3 atom stereocenters. The first-order chi connectivity index (χ1) is 8.74. The number of fused-ring (bicyclic) bond motifs is 1. The van der Waals surface area contributed by atoms with Gasteiger partial charge < -0.3 is 4.74 Å². The highest BCUT2D eigenvalue weighted by Crippen LogP contribution is 2.54.